The van der Waals surface area contributed by atoms with E-state index in [4.69, 9.17) is 0 Å². The third kappa shape index (κ3) is 3.98. The first-order chi connectivity index (χ1) is 13.0. The molecule has 3 rings (SSSR count). The molecule has 138 valence electrons. The zero-order valence-electron chi connectivity index (χ0n) is 15.4. The van der Waals surface area contributed by atoms with Crippen LogP contribution in [0.5, 0.6) is 0 Å². The number of amides is 3. The predicted molar refractivity (Wildman–Crippen MR) is 104 cm³/mol. The highest BCUT2D eigenvalue weighted by molar-refractivity contribution is 6.00. The maximum Gasteiger partial charge on any atom is 0.333 e. The van der Waals surface area contributed by atoms with Crippen molar-refractivity contribution in [2.24, 2.45) is 0 Å². The molecule has 0 spiro atoms. The molecule has 3 amide bonds. The summed E-state index contributed by atoms with van der Waals surface area (Å²) in [7, 11) is 1.47. The standard InChI is InChI=1S/C20H21N5O2/c1-13-9-10-15(11-14(13)2)18-17(19(26)22-23-20(27)21-3)12-25(24-18)16-7-5-4-6-8-16/h4-12H,1-3H3,(H,22,26)(H2,21,23,27). The van der Waals surface area contributed by atoms with E-state index in [-0.39, 0.29) is 0 Å². The molecule has 0 saturated heterocycles. The summed E-state index contributed by atoms with van der Waals surface area (Å²) in [5.74, 6) is -0.450. The number of carbonyl (C=O) groups excluding carboxylic acids is 2. The van der Waals surface area contributed by atoms with Crippen LogP contribution in [0.15, 0.2) is 54.7 Å². The summed E-state index contributed by atoms with van der Waals surface area (Å²) < 4.78 is 1.65. The Morgan fingerprint density at radius 1 is 0.963 bits per heavy atom. The second kappa shape index (κ2) is 7.74. The normalized spacial score (nSPS) is 10.3. The Balaban J connectivity index is 2.04. The van der Waals surface area contributed by atoms with Crippen LogP contribution >= 0.6 is 0 Å². The summed E-state index contributed by atoms with van der Waals surface area (Å²) in [6.07, 6.45) is 1.65. The first kappa shape index (κ1) is 18.2. The van der Waals surface area contributed by atoms with E-state index in [1.54, 1.807) is 10.9 Å². The van der Waals surface area contributed by atoms with Gasteiger partial charge in [-0.05, 0) is 43.2 Å². The average molecular weight is 363 g/mol. The molecule has 3 aromatic rings. The molecule has 1 aromatic heterocycles. The van der Waals surface area contributed by atoms with Gasteiger partial charge in [0.15, 0.2) is 0 Å². The molecule has 0 fully saturated rings. The smallest absolute Gasteiger partial charge is 0.333 e. The number of aromatic nitrogens is 2. The van der Waals surface area contributed by atoms with Gasteiger partial charge in [0.05, 0.1) is 11.3 Å². The van der Waals surface area contributed by atoms with Gasteiger partial charge in [0, 0.05) is 18.8 Å². The predicted octanol–water partition coefficient (Wildman–Crippen LogP) is 2.73. The lowest BCUT2D eigenvalue weighted by atomic mass is 10.0. The number of hydrazine groups is 1. The maximum absolute atomic E-state index is 12.6. The summed E-state index contributed by atoms with van der Waals surface area (Å²) in [5.41, 5.74) is 9.52. The monoisotopic (exact) mass is 363 g/mol. The molecular weight excluding hydrogens is 342 g/mol. The lowest BCUT2D eigenvalue weighted by Gasteiger charge is -2.07. The average Bonchev–Trinajstić information content (AvgIpc) is 3.14. The van der Waals surface area contributed by atoms with Crippen LogP contribution in [0, 0.1) is 13.8 Å². The number of rotatable bonds is 3. The summed E-state index contributed by atoms with van der Waals surface area (Å²) >= 11 is 0. The van der Waals surface area contributed by atoms with Gasteiger partial charge in [0.1, 0.15) is 5.69 Å². The van der Waals surface area contributed by atoms with Gasteiger partial charge in [-0.2, -0.15) is 5.10 Å². The van der Waals surface area contributed by atoms with E-state index in [9.17, 15) is 9.59 Å². The fraction of sp³-hybridized carbons (Fsp3) is 0.150. The van der Waals surface area contributed by atoms with Gasteiger partial charge in [-0.25, -0.2) is 14.9 Å². The van der Waals surface area contributed by atoms with E-state index < -0.39 is 11.9 Å². The number of para-hydroxylation sites is 1. The van der Waals surface area contributed by atoms with Crippen molar-refractivity contribution in [3.63, 3.8) is 0 Å². The maximum atomic E-state index is 12.6. The number of urea groups is 1. The lowest BCUT2D eigenvalue weighted by molar-refractivity contribution is 0.0937. The van der Waals surface area contributed by atoms with Gasteiger partial charge in [0.25, 0.3) is 5.91 Å². The van der Waals surface area contributed by atoms with Gasteiger partial charge in [0.2, 0.25) is 0 Å². The van der Waals surface area contributed by atoms with Crippen LogP contribution in [-0.2, 0) is 0 Å². The molecule has 3 N–H and O–H groups in total. The van der Waals surface area contributed by atoms with Crippen LogP contribution in [-0.4, -0.2) is 28.8 Å². The first-order valence-electron chi connectivity index (χ1n) is 8.50. The minimum absolute atomic E-state index is 0.360. The summed E-state index contributed by atoms with van der Waals surface area (Å²) in [6, 6.07) is 14.9. The van der Waals surface area contributed by atoms with Crippen LogP contribution in [0.4, 0.5) is 4.79 Å². The second-order valence-corrected chi connectivity index (χ2v) is 6.13. The van der Waals surface area contributed by atoms with E-state index in [2.05, 4.69) is 21.3 Å². The topological polar surface area (TPSA) is 88.0 Å². The molecule has 7 nitrogen and oxygen atoms in total. The third-order valence-electron chi connectivity index (χ3n) is 4.28. The Bertz CT molecular complexity index is 979. The fourth-order valence-electron chi connectivity index (χ4n) is 2.60. The molecule has 1 heterocycles. The largest absolute Gasteiger partial charge is 0.340 e. The van der Waals surface area contributed by atoms with Crippen LogP contribution in [0.3, 0.4) is 0 Å². The summed E-state index contributed by atoms with van der Waals surface area (Å²) in [4.78, 5) is 24.0. The van der Waals surface area contributed by atoms with Gasteiger partial charge in [-0.3, -0.25) is 10.2 Å². The summed E-state index contributed by atoms with van der Waals surface area (Å²) in [6.45, 7) is 4.04. The van der Waals surface area contributed by atoms with Crippen molar-refractivity contribution in [2.45, 2.75) is 13.8 Å². The van der Waals surface area contributed by atoms with Crippen molar-refractivity contribution in [2.75, 3.05) is 7.05 Å². The fourth-order valence-corrected chi connectivity index (χ4v) is 2.60. The SMILES string of the molecule is CNC(=O)NNC(=O)c1cn(-c2ccccc2)nc1-c1ccc(C)c(C)c1. The first-order valence-corrected chi connectivity index (χ1v) is 8.50. The van der Waals surface area contributed by atoms with Gasteiger partial charge < -0.3 is 5.32 Å². The van der Waals surface area contributed by atoms with Crippen molar-refractivity contribution in [3.05, 3.63) is 71.4 Å². The molecule has 27 heavy (non-hydrogen) atoms. The number of carbonyl (C=O) groups is 2. The number of hydrogen-bond acceptors (Lipinski definition) is 3. The Hall–Kier alpha value is -3.61. The van der Waals surface area contributed by atoms with Crippen molar-refractivity contribution in [1.82, 2.24) is 25.9 Å². The minimum Gasteiger partial charge on any atom is -0.340 e. The van der Waals surface area contributed by atoms with Gasteiger partial charge in [-0.1, -0.05) is 30.3 Å². The van der Waals surface area contributed by atoms with E-state index in [0.29, 0.717) is 11.3 Å². The molecule has 0 aliphatic rings. The quantitative estimate of drug-likeness (QED) is 0.625. The second-order valence-electron chi connectivity index (χ2n) is 6.13. The van der Waals surface area contributed by atoms with E-state index in [0.717, 1.165) is 22.4 Å². The van der Waals surface area contributed by atoms with E-state index in [1.807, 2.05) is 62.4 Å². The Labute approximate surface area is 157 Å². The highest BCUT2D eigenvalue weighted by Gasteiger charge is 2.19. The molecule has 0 radical (unpaired) electrons. The zero-order valence-corrected chi connectivity index (χ0v) is 15.4. The molecule has 0 saturated carbocycles. The molecular formula is C20H21N5O2. The Kier molecular flexibility index (Phi) is 5.21. The van der Waals surface area contributed by atoms with Gasteiger partial charge in [-0.15, -0.1) is 0 Å². The van der Waals surface area contributed by atoms with Crippen molar-refractivity contribution < 1.29 is 9.59 Å². The van der Waals surface area contributed by atoms with Crippen molar-refractivity contribution in [3.8, 4) is 16.9 Å². The number of nitrogens with zero attached hydrogens (tertiary/aromatic N) is 2. The Morgan fingerprint density at radius 3 is 2.37 bits per heavy atom. The minimum atomic E-state index is -0.508. The van der Waals surface area contributed by atoms with Crippen molar-refractivity contribution >= 4 is 11.9 Å². The van der Waals surface area contributed by atoms with Gasteiger partial charge >= 0.3 is 6.03 Å². The van der Waals surface area contributed by atoms with Crippen LogP contribution in [0.1, 0.15) is 21.5 Å². The molecule has 0 aliphatic carbocycles. The molecule has 2 aromatic carbocycles. The van der Waals surface area contributed by atoms with Crippen LogP contribution < -0.4 is 16.2 Å². The zero-order chi connectivity index (χ0) is 19.4. The lowest BCUT2D eigenvalue weighted by Crippen LogP contribution is -2.45. The number of benzene rings is 2. The molecule has 0 bridgehead atoms. The number of aryl methyl sites for hydroxylation is 2. The van der Waals surface area contributed by atoms with Crippen LogP contribution in [0.25, 0.3) is 16.9 Å². The van der Waals surface area contributed by atoms with Crippen LogP contribution in [0.2, 0.25) is 0 Å². The van der Waals surface area contributed by atoms with E-state index in [1.165, 1.54) is 7.05 Å². The third-order valence-corrected chi connectivity index (χ3v) is 4.28. The number of nitrogens with one attached hydrogen (secondary N) is 3. The molecule has 0 aliphatic heterocycles. The number of hydrogen-bond donors (Lipinski definition) is 3. The molecule has 7 heteroatoms. The summed E-state index contributed by atoms with van der Waals surface area (Å²) in [5, 5.41) is 6.99. The molecule has 0 unspecified atom stereocenters. The van der Waals surface area contributed by atoms with E-state index >= 15 is 0 Å². The molecule has 0 atom stereocenters. The highest BCUT2D eigenvalue weighted by Crippen LogP contribution is 2.25. The Morgan fingerprint density at radius 2 is 1.70 bits per heavy atom. The highest BCUT2D eigenvalue weighted by atomic mass is 16.2. The van der Waals surface area contributed by atoms with Crippen molar-refractivity contribution in [1.29, 1.82) is 0 Å².